The minimum absolute atomic E-state index is 0.427. The number of aromatic nitrogens is 2. The van der Waals surface area contributed by atoms with Crippen LogP contribution in [-0.4, -0.2) is 16.4 Å². The average molecular weight is 275 g/mol. The molecule has 1 unspecified atom stereocenters. The summed E-state index contributed by atoms with van der Waals surface area (Å²) >= 11 is 3.50. The summed E-state index contributed by atoms with van der Waals surface area (Å²) in [7, 11) is 0. The van der Waals surface area contributed by atoms with E-state index in [1.165, 1.54) is 0 Å². The second-order valence-corrected chi connectivity index (χ2v) is 4.55. The highest BCUT2D eigenvalue weighted by molar-refractivity contribution is 9.10. The Morgan fingerprint density at radius 3 is 2.87 bits per heavy atom. The van der Waals surface area contributed by atoms with Gasteiger partial charge in [0.1, 0.15) is 0 Å². The number of hydrogen-bond acceptors (Lipinski definition) is 2. The van der Waals surface area contributed by atoms with Gasteiger partial charge in [-0.15, -0.1) is 0 Å². The summed E-state index contributed by atoms with van der Waals surface area (Å²) in [6.07, 6.45) is 3.97. The van der Waals surface area contributed by atoms with Crippen LogP contribution in [0, 0.1) is 0 Å². The zero-order valence-corrected chi connectivity index (χ0v) is 11.2. The van der Waals surface area contributed by atoms with Crippen molar-refractivity contribution in [3.05, 3.63) is 16.4 Å². The third-order valence-electron chi connectivity index (χ3n) is 2.44. The van der Waals surface area contributed by atoms with E-state index >= 15 is 0 Å². The molecule has 0 aliphatic rings. The van der Waals surface area contributed by atoms with E-state index in [1.807, 2.05) is 10.9 Å². The van der Waals surface area contributed by atoms with Crippen LogP contribution in [-0.2, 0) is 11.3 Å². The van der Waals surface area contributed by atoms with E-state index in [0.29, 0.717) is 12.6 Å². The highest BCUT2D eigenvalue weighted by atomic mass is 79.9. The molecule has 0 saturated heterocycles. The minimum atomic E-state index is 0.427. The summed E-state index contributed by atoms with van der Waals surface area (Å²) < 4.78 is 8.63. The van der Waals surface area contributed by atoms with Gasteiger partial charge in [-0.1, -0.05) is 13.8 Å². The van der Waals surface area contributed by atoms with Crippen molar-refractivity contribution in [3.8, 4) is 0 Å². The maximum absolute atomic E-state index is 5.55. The molecule has 1 aromatic heterocycles. The predicted octanol–water partition coefficient (Wildman–Crippen LogP) is 3.54. The predicted molar refractivity (Wildman–Crippen MR) is 64.9 cm³/mol. The van der Waals surface area contributed by atoms with Gasteiger partial charge in [-0.25, -0.2) is 0 Å². The van der Waals surface area contributed by atoms with Gasteiger partial charge in [-0.3, -0.25) is 4.68 Å². The van der Waals surface area contributed by atoms with Crippen molar-refractivity contribution < 1.29 is 4.74 Å². The molecule has 0 fully saturated rings. The molecule has 0 aliphatic carbocycles. The van der Waals surface area contributed by atoms with Gasteiger partial charge in [0.25, 0.3) is 0 Å². The van der Waals surface area contributed by atoms with Crippen LogP contribution < -0.4 is 0 Å². The first kappa shape index (κ1) is 12.7. The molecule has 1 heterocycles. The van der Waals surface area contributed by atoms with Crippen LogP contribution in [0.5, 0.6) is 0 Å². The van der Waals surface area contributed by atoms with E-state index in [0.717, 1.165) is 29.6 Å². The number of ether oxygens (including phenoxy) is 1. The normalized spacial score (nSPS) is 13.1. The van der Waals surface area contributed by atoms with Crippen molar-refractivity contribution >= 4 is 15.9 Å². The average Bonchev–Trinajstić information content (AvgIpc) is 2.60. The van der Waals surface area contributed by atoms with Gasteiger partial charge in [-0.2, -0.15) is 5.10 Å². The molecule has 4 heteroatoms. The maximum atomic E-state index is 5.55. The van der Waals surface area contributed by atoms with Gasteiger partial charge < -0.3 is 4.74 Å². The Kier molecular flexibility index (Phi) is 5.32. The molecule has 0 saturated carbocycles. The Balaban J connectivity index is 2.70. The van der Waals surface area contributed by atoms with Gasteiger partial charge >= 0.3 is 0 Å². The zero-order valence-electron chi connectivity index (χ0n) is 9.66. The number of nitrogens with zero attached hydrogens (tertiary/aromatic N) is 2. The highest BCUT2D eigenvalue weighted by Crippen LogP contribution is 2.21. The third kappa shape index (κ3) is 3.31. The lowest BCUT2D eigenvalue weighted by atomic mass is 10.2. The smallest absolute Gasteiger partial charge is 0.0896 e. The molecule has 0 aliphatic heterocycles. The van der Waals surface area contributed by atoms with E-state index < -0.39 is 0 Å². The standard InChI is InChI=1S/C11H19BrN2O/c1-4-6-15-8-11-10(12)7-13-14(11)9(3)5-2/h7,9H,4-6,8H2,1-3H3. The van der Waals surface area contributed by atoms with Gasteiger partial charge in [0.2, 0.25) is 0 Å². The van der Waals surface area contributed by atoms with Crippen molar-refractivity contribution in [1.29, 1.82) is 0 Å². The van der Waals surface area contributed by atoms with E-state index in [9.17, 15) is 0 Å². The lowest BCUT2D eigenvalue weighted by Crippen LogP contribution is -2.11. The van der Waals surface area contributed by atoms with E-state index in [1.54, 1.807) is 0 Å². The molecule has 0 bridgehead atoms. The van der Waals surface area contributed by atoms with Crippen LogP contribution in [0.15, 0.2) is 10.7 Å². The SMILES string of the molecule is CCCOCc1c(Br)cnn1C(C)CC. The molecule has 0 aromatic carbocycles. The summed E-state index contributed by atoms with van der Waals surface area (Å²) in [4.78, 5) is 0. The topological polar surface area (TPSA) is 27.1 Å². The molecule has 1 rings (SSSR count). The highest BCUT2D eigenvalue weighted by Gasteiger charge is 2.12. The van der Waals surface area contributed by atoms with Crippen LogP contribution in [0.2, 0.25) is 0 Å². The molecular formula is C11H19BrN2O. The molecular weight excluding hydrogens is 256 g/mol. The second-order valence-electron chi connectivity index (χ2n) is 3.69. The fourth-order valence-electron chi connectivity index (χ4n) is 1.37. The molecule has 0 radical (unpaired) electrons. The molecule has 86 valence electrons. The van der Waals surface area contributed by atoms with E-state index in [4.69, 9.17) is 4.74 Å². The van der Waals surface area contributed by atoms with Gasteiger partial charge in [-0.05, 0) is 35.7 Å². The van der Waals surface area contributed by atoms with Crippen LogP contribution in [0.3, 0.4) is 0 Å². The van der Waals surface area contributed by atoms with Crippen molar-refractivity contribution in [1.82, 2.24) is 9.78 Å². The summed E-state index contributed by atoms with van der Waals surface area (Å²) in [6.45, 7) is 7.89. The summed E-state index contributed by atoms with van der Waals surface area (Å²) in [5, 5.41) is 4.36. The Labute approximate surface area is 99.9 Å². The summed E-state index contributed by atoms with van der Waals surface area (Å²) in [5.41, 5.74) is 1.14. The first-order valence-electron chi connectivity index (χ1n) is 5.50. The Bertz CT molecular complexity index is 299. The zero-order chi connectivity index (χ0) is 11.3. The lowest BCUT2D eigenvalue weighted by Gasteiger charge is -2.14. The first-order valence-corrected chi connectivity index (χ1v) is 6.29. The number of rotatable bonds is 6. The van der Waals surface area contributed by atoms with Gasteiger partial charge in [0.05, 0.1) is 23.0 Å². The van der Waals surface area contributed by atoms with Crippen LogP contribution >= 0.6 is 15.9 Å². The van der Waals surface area contributed by atoms with Crippen molar-refractivity contribution in [3.63, 3.8) is 0 Å². The fourth-order valence-corrected chi connectivity index (χ4v) is 1.76. The molecule has 1 aromatic rings. The minimum Gasteiger partial charge on any atom is -0.375 e. The van der Waals surface area contributed by atoms with Crippen molar-refractivity contribution in [2.45, 2.75) is 46.3 Å². The summed E-state index contributed by atoms with van der Waals surface area (Å²) in [5.74, 6) is 0. The quantitative estimate of drug-likeness (QED) is 0.742. The van der Waals surface area contributed by atoms with E-state index in [2.05, 4.69) is 41.8 Å². The van der Waals surface area contributed by atoms with Gasteiger partial charge in [0, 0.05) is 12.6 Å². The Morgan fingerprint density at radius 2 is 2.27 bits per heavy atom. The lowest BCUT2D eigenvalue weighted by molar-refractivity contribution is 0.113. The molecule has 15 heavy (non-hydrogen) atoms. The number of hydrogen-bond donors (Lipinski definition) is 0. The van der Waals surface area contributed by atoms with Crippen molar-refractivity contribution in [2.24, 2.45) is 0 Å². The fraction of sp³-hybridized carbons (Fsp3) is 0.727. The second kappa shape index (κ2) is 6.28. The molecule has 3 nitrogen and oxygen atoms in total. The Morgan fingerprint density at radius 1 is 1.53 bits per heavy atom. The summed E-state index contributed by atoms with van der Waals surface area (Å²) in [6, 6.07) is 0.427. The molecule has 0 N–H and O–H groups in total. The van der Waals surface area contributed by atoms with Crippen LogP contribution in [0.25, 0.3) is 0 Å². The van der Waals surface area contributed by atoms with Crippen molar-refractivity contribution in [2.75, 3.05) is 6.61 Å². The molecule has 0 spiro atoms. The first-order chi connectivity index (χ1) is 7.20. The molecule has 1 atom stereocenters. The monoisotopic (exact) mass is 274 g/mol. The maximum Gasteiger partial charge on any atom is 0.0896 e. The van der Waals surface area contributed by atoms with E-state index in [-0.39, 0.29) is 0 Å². The van der Waals surface area contributed by atoms with Crippen LogP contribution in [0.4, 0.5) is 0 Å². The van der Waals surface area contributed by atoms with Gasteiger partial charge in [0.15, 0.2) is 0 Å². The number of halogens is 1. The largest absolute Gasteiger partial charge is 0.375 e. The van der Waals surface area contributed by atoms with Crippen LogP contribution in [0.1, 0.15) is 45.3 Å². The molecule has 0 amide bonds. The third-order valence-corrected chi connectivity index (χ3v) is 3.11. The Hall–Kier alpha value is -0.350.